The van der Waals surface area contributed by atoms with E-state index in [-0.39, 0.29) is 6.47 Å². The SMILES string of the molecule is O=CO.[Hg][c]1ccccc1. The van der Waals surface area contributed by atoms with Crippen LogP contribution in [0.15, 0.2) is 30.3 Å². The Balaban J connectivity index is 0.000000236. The van der Waals surface area contributed by atoms with E-state index in [1.54, 1.807) is 0 Å². The Morgan fingerprint density at radius 1 is 1.30 bits per heavy atom. The van der Waals surface area contributed by atoms with Crippen LogP contribution in [0, 0.1) is 0 Å². The molecular formula is C7H7HgO2. The Hall–Kier alpha value is -0.375. The normalized spacial score (nSPS) is 7.40. The van der Waals surface area contributed by atoms with E-state index in [9.17, 15) is 0 Å². The number of hydrogen-bond donors (Lipinski definition) is 1. The van der Waals surface area contributed by atoms with Gasteiger partial charge in [-0.3, -0.25) is 4.79 Å². The Morgan fingerprint density at radius 2 is 1.70 bits per heavy atom. The van der Waals surface area contributed by atoms with E-state index in [0.29, 0.717) is 0 Å². The quantitative estimate of drug-likeness (QED) is 0.559. The second-order valence-electron chi connectivity index (χ2n) is 1.59. The predicted octanol–water partition coefficient (Wildman–Crippen LogP) is 0.560. The number of benzene rings is 1. The molecule has 0 atom stereocenters. The van der Waals surface area contributed by atoms with Gasteiger partial charge in [0.25, 0.3) is 6.47 Å². The van der Waals surface area contributed by atoms with Crippen LogP contribution in [-0.2, 0) is 30.9 Å². The van der Waals surface area contributed by atoms with Gasteiger partial charge < -0.3 is 5.11 Å². The summed E-state index contributed by atoms with van der Waals surface area (Å²) in [5, 5.41) is 6.89. The van der Waals surface area contributed by atoms with Crippen LogP contribution in [0.3, 0.4) is 0 Å². The Labute approximate surface area is 75.8 Å². The number of carboxylic acid groups (broad SMARTS) is 1. The maximum absolute atomic E-state index is 8.36. The average molecular weight is 324 g/mol. The Morgan fingerprint density at radius 3 is 1.90 bits per heavy atom. The van der Waals surface area contributed by atoms with Crippen LogP contribution < -0.4 is 3.07 Å². The fraction of sp³-hybridized carbons (Fsp3) is 0. The minimum atomic E-state index is -0.250. The van der Waals surface area contributed by atoms with Crippen LogP contribution in [0.4, 0.5) is 0 Å². The van der Waals surface area contributed by atoms with E-state index in [4.69, 9.17) is 9.90 Å². The standard InChI is InChI=1S/C6H5.CH2O2.Hg/c1-2-4-6-5-3-1;2-1-3;/h1-5H;1H,(H,2,3);. The van der Waals surface area contributed by atoms with E-state index in [0.717, 1.165) is 26.1 Å². The van der Waals surface area contributed by atoms with Crippen molar-refractivity contribution >= 4 is 9.54 Å². The summed E-state index contributed by atoms with van der Waals surface area (Å²) in [5.74, 6) is 0. The average Bonchev–Trinajstić information content (AvgIpc) is 1.91. The molecule has 1 N–H and O–H groups in total. The van der Waals surface area contributed by atoms with Crippen molar-refractivity contribution in [1.29, 1.82) is 0 Å². The van der Waals surface area contributed by atoms with Gasteiger partial charge in [-0.25, -0.2) is 0 Å². The van der Waals surface area contributed by atoms with Crippen LogP contribution in [0.5, 0.6) is 0 Å². The van der Waals surface area contributed by atoms with Gasteiger partial charge in [-0.05, 0) is 0 Å². The first-order valence-corrected chi connectivity index (χ1v) is 5.51. The molecule has 0 unspecified atom stereocenters. The van der Waals surface area contributed by atoms with Gasteiger partial charge in [-0.2, -0.15) is 0 Å². The molecule has 0 bridgehead atoms. The van der Waals surface area contributed by atoms with Gasteiger partial charge in [0.15, 0.2) is 0 Å². The zero-order chi connectivity index (χ0) is 7.82. The monoisotopic (exact) mass is 325 g/mol. The number of carbonyl (C=O) groups is 1. The van der Waals surface area contributed by atoms with Crippen LogP contribution in [0.1, 0.15) is 0 Å². The van der Waals surface area contributed by atoms with Crippen LogP contribution in [0.2, 0.25) is 0 Å². The molecule has 10 heavy (non-hydrogen) atoms. The van der Waals surface area contributed by atoms with Crippen molar-refractivity contribution in [2.75, 3.05) is 0 Å². The summed E-state index contributed by atoms with van der Waals surface area (Å²) >= 11 is 0.810. The molecule has 2 nitrogen and oxygen atoms in total. The van der Waals surface area contributed by atoms with Crippen molar-refractivity contribution in [3.05, 3.63) is 30.3 Å². The summed E-state index contributed by atoms with van der Waals surface area (Å²) in [4.78, 5) is 8.36. The fourth-order valence-electron chi connectivity index (χ4n) is 0.478. The molecule has 3 heteroatoms. The second kappa shape index (κ2) is 6.74. The van der Waals surface area contributed by atoms with Gasteiger partial charge in [-0.15, -0.1) is 0 Å². The van der Waals surface area contributed by atoms with E-state index in [2.05, 4.69) is 30.3 Å². The third-order valence-corrected chi connectivity index (χ3v) is 2.68. The zero-order valence-electron chi connectivity index (χ0n) is 5.53. The molecule has 0 aliphatic rings. The molecule has 0 radical (unpaired) electrons. The van der Waals surface area contributed by atoms with Crippen molar-refractivity contribution < 1.29 is 36.0 Å². The first-order chi connectivity index (χ1) is 4.81. The summed E-state index contributed by atoms with van der Waals surface area (Å²) < 4.78 is 1.52. The van der Waals surface area contributed by atoms with Crippen LogP contribution >= 0.6 is 0 Å². The molecule has 0 aliphatic carbocycles. The first kappa shape index (κ1) is 9.63. The van der Waals surface area contributed by atoms with Crippen molar-refractivity contribution in [2.45, 2.75) is 0 Å². The van der Waals surface area contributed by atoms with Crippen LogP contribution in [-0.4, -0.2) is 11.6 Å². The molecule has 0 saturated carbocycles. The van der Waals surface area contributed by atoms with Gasteiger partial charge in [-0.1, -0.05) is 0 Å². The molecule has 1 aromatic rings. The first-order valence-electron chi connectivity index (χ1n) is 2.76. The molecule has 0 aromatic heterocycles. The molecule has 1 aromatic carbocycles. The Kier molecular flexibility index (Phi) is 6.49. The molecule has 0 aliphatic heterocycles. The topological polar surface area (TPSA) is 37.3 Å². The third kappa shape index (κ3) is 5.76. The number of hydrogen-bond acceptors (Lipinski definition) is 1. The predicted molar refractivity (Wildman–Crippen MR) is 34.8 cm³/mol. The molecule has 0 fully saturated rings. The van der Waals surface area contributed by atoms with Gasteiger partial charge in [0, 0.05) is 0 Å². The molecule has 49 valence electrons. The summed E-state index contributed by atoms with van der Waals surface area (Å²) in [7, 11) is 0. The van der Waals surface area contributed by atoms with Crippen molar-refractivity contribution in [2.24, 2.45) is 0 Å². The molecule has 1 rings (SSSR count). The van der Waals surface area contributed by atoms with E-state index >= 15 is 0 Å². The molecule has 0 saturated heterocycles. The molecule has 0 amide bonds. The van der Waals surface area contributed by atoms with Gasteiger partial charge in [0.05, 0.1) is 0 Å². The van der Waals surface area contributed by atoms with Gasteiger partial charge in [0.1, 0.15) is 0 Å². The fourth-order valence-corrected chi connectivity index (χ4v) is 1.54. The maximum atomic E-state index is 8.36. The minimum absolute atomic E-state index is 0.250. The summed E-state index contributed by atoms with van der Waals surface area (Å²) in [6.45, 7) is -0.250. The van der Waals surface area contributed by atoms with E-state index in [1.165, 1.54) is 3.07 Å². The summed E-state index contributed by atoms with van der Waals surface area (Å²) in [6, 6.07) is 10.6. The molecule has 0 spiro atoms. The third-order valence-electron chi connectivity index (χ3n) is 0.843. The van der Waals surface area contributed by atoms with E-state index in [1.807, 2.05) is 0 Å². The second-order valence-corrected chi connectivity index (χ2v) is 4.77. The summed E-state index contributed by atoms with van der Waals surface area (Å²) in [6.07, 6.45) is 0. The van der Waals surface area contributed by atoms with E-state index < -0.39 is 0 Å². The summed E-state index contributed by atoms with van der Waals surface area (Å²) in [5.41, 5.74) is 0. The van der Waals surface area contributed by atoms with Gasteiger partial charge in [0.2, 0.25) is 0 Å². The van der Waals surface area contributed by atoms with Crippen molar-refractivity contribution in [3.63, 3.8) is 0 Å². The van der Waals surface area contributed by atoms with Crippen molar-refractivity contribution in [1.82, 2.24) is 0 Å². The van der Waals surface area contributed by atoms with Gasteiger partial charge >= 0.3 is 59.5 Å². The Bertz CT molecular complexity index is 174. The number of rotatable bonds is 0. The molecule has 0 heterocycles. The van der Waals surface area contributed by atoms with Crippen LogP contribution in [0.25, 0.3) is 0 Å². The molecular weight excluding hydrogens is 317 g/mol. The zero-order valence-corrected chi connectivity index (χ0v) is 11.0. The van der Waals surface area contributed by atoms with Crippen molar-refractivity contribution in [3.8, 4) is 0 Å².